The zero-order valence-corrected chi connectivity index (χ0v) is 13.1. The van der Waals surface area contributed by atoms with Gasteiger partial charge in [-0.3, -0.25) is 4.90 Å². The first-order valence-electron chi connectivity index (χ1n) is 7.69. The lowest BCUT2D eigenvalue weighted by atomic mass is 9.75. The SMILES string of the molecule is CC1CN(C)CCCN1CC1(CS)CCCCC1. The van der Waals surface area contributed by atoms with Crippen LogP contribution in [-0.4, -0.2) is 54.8 Å². The van der Waals surface area contributed by atoms with Gasteiger partial charge in [0, 0.05) is 19.1 Å². The minimum absolute atomic E-state index is 0.512. The second-order valence-electron chi connectivity index (χ2n) is 6.65. The molecule has 1 heterocycles. The molecule has 1 saturated heterocycles. The summed E-state index contributed by atoms with van der Waals surface area (Å²) < 4.78 is 0. The zero-order valence-electron chi connectivity index (χ0n) is 12.2. The molecule has 0 radical (unpaired) electrons. The molecule has 0 aromatic carbocycles. The molecule has 0 bridgehead atoms. The highest BCUT2D eigenvalue weighted by Gasteiger charge is 2.34. The summed E-state index contributed by atoms with van der Waals surface area (Å²) in [6.45, 7) is 7.45. The monoisotopic (exact) mass is 270 g/mol. The summed E-state index contributed by atoms with van der Waals surface area (Å²) in [5.41, 5.74) is 0.512. The Balaban J connectivity index is 1.97. The summed E-state index contributed by atoms with van der Waals surface area (Å²) >= 11 is 4.69. The maximum Gasteiger partial charge on any atom is 0.0195 e. The molecule has 0 N–H and O–H groups in total. The zero-order chi connectivity index (χ0) is 13.0. The van der Waals surface area contributed by atoms with Gasteiger partial charge in [0.2, 0.25) is 0 Å². The Morgan fingerprint density at radius 3 is 2.50 bits per heavy atom. The van der Waals surface area contributed by atoms with Gasteiger partial charge in [-0.2, -0.15) is 12.6 Å². The quantitative estimate of drug-likeness (QED) is 0.788. The van der Waals surface area contributed by atoms with Crippen LogP contribution in [0.1, 0.15) is 45.4 Å². The van der Waals surface area contributed by atoms with E-state index in [1.807, 2.05) is 0 Å². The third-order valence-electron chi connectivity index (χ3n) is 4.97. The molecule has 18 heavy (non-hydrogen) atoms. The summed E-state index contributed by atoms with van der Waals surface area (Å²) in [5, 5.41) is 0. The highest BCUT2D eigenvalue weighted by atomic mass is 32.1. The Hall–Kier alpha value is 0.270. The maximum atomic E-state index is 4.69. The molecule has 1 aliphatic heterocycles. The molecule has 0 aromatic heterocycles. The van der Waals surface area contributed by atoms with Gasteiger partial charge in [-0.05, 0) is 57.5 Å². The molecule has 2 nitrogen and oxygen atoms in total. The van der Waals surface area contributed by atoms with E-state index in [0.717, 1.165) is 5.75 Å². The Morgan fingerprint density at radius 1 is 1.11 bits per heavy atom. The molecule has 3 heteroatoms. The standard InChI is InChI=1S/C15H30N2S/c1-14-11-16(2)9-6-10-17(14)12-15(13-18)7-4-3-5-8-15/h14,18H,3-13H2,1-2H3. The van der Waals surface area contributed by atoms with E-state index >= 15 is 0 Å². The van der Waals surface area contributed by atoms with E-state index in [9.17, 15) is 0 Å². The van der Waals surface area contributed by atoms with Crippen LogP contribution in [0.2, 0.25) is 0 Å². The molecule has 0 amide bonds. The molecule has 0 spiro atoms. The second-order valence-corrected chi connectivity index (χ2v) is 6.97. The first-order chi connectivity index (χ1) is 8.65. The van der Waals surface area contributed by atoms with Gasteiger partial charge in [0.1, 0.15) is 0 Å². The van der Waals surface area contributed by atoms with Crippen molar-refractivity contribution >= 4 is 12.6 Å². The smallest absolute Gasteiger partial charge is 0.0195 e. The Labute approximate surface area is 119 Å². The Bertz CT molecular complexity index is 251. The Kier molecular flexibility index (Phi) is 5.40. The third-order valence-corrected chi connectivity index (χ3v) is 5.64. The fraction of sp³-hybridized carbons (Fsp3) is 1.00. The van der Waals surface area contributed by atoms with Crippen molar-refractivity contribution in [2.75, 3.05) is 39.0 Å². The molecule has 2 fully saturated rings. The summed E-state index contributed by atoms with van der Waals surface area (Å²) in [6, 6.07) is 0.705. The van der Waals surface area contributed by atoms with Crippen molar-refractivity contribution in [2.24, 2.45) is 5.41 Å². The number of thiol groups is 1. The summed E-state index contributed by atoms with van der Waals surface area (Å²) in [4.78, 5) is 5.23. The van der Waals surface area contributed by atoms with Gasteiger partial charge in [-0.25, -0.2) is 0 Å². The molecule has 106 valence electrons. The normalized spacial score (nSPS) is 31.2. The first-order valence-corrected chi connectivity index (χ1v) is 8.32. The maximum absolute atomic E-state index is 4.69. The van der Waals surface area contributed by atoms with Crippen LogP contribution < -0.4 is 0 Å². The van der Waals surface area contributed by atoms with Crippen LogP contribution in [0.3, 0.4) is 0 Å². The predicted molar refractivity (Wildman–Crippen MR) is 82.5 cm³/mol. The van der Waals surface area contributed by atoms with E-state index in [0.29, 0.717) is 11.5 Å². The van der Waals surface area contributed by atoms with Crippen LogP contribution >= 0.6 is 12.6 Å². The number of rotatable bonds is 3. The van der Waals surface area contributed by atoms with Crippen LogP contribution in [-0.2, 0) is 0 Å². The minimum Gasteiger partial charge on any atom is -0.305 e. The van der Waals surface area contributed by atoms with E-state index in [-0.39, 0.29) is 0 Å². The van der Waals surface area contributed by atoms with Crippen LogP contribution in [0.4, 0.5) is 0 Å². The van der Waals surface area contributed by atoms with E-state index in [2.05, 4.69) is 36.4 Å². The minimum atomic E-state index is 0.512. The average Bonchev–Trinajstić information content (AvgIpc) is 2.52. The topological polar surface area (TPSA) is 6.48 Å². The fourth-order valence-corrected chi connectivity index (χ4v) is 4.17. The van der Waals surface area contributed by atoms with Gasteiger partial charge in [-0.1, -0.05) is 19.3 Å². The van der Waals surface area contributed by atoms with Gasteiger partial charge in [0.05, 0.1) is 0 Å². The van der Waals surface area contributed by atoms with E-state index < -0.39 is 0 Å². The Morgan fingerprint density at radius 2 is 1.83 bits per heavy atom. The molecule has 1 aliphatic carbocycles. The number of hydrogen-bond donors (Lipinski definition) is 1. The molecule has 2 rings (SSSR count). The van der Waals surface area contributed by atoms with Gasteiger partial charge < -0.3 is 4.90 Å². The van der Waals surface area contributed by atoms with Gasteiger partial charge >= 0.3 is 0 Å². The molecule has 1 saturated carbocycles. The first kappa shape index (κ1) is 14.7. The van der Waals surface area contributed by atoms with Crippen molar-refractivity contribution in [3.63, 3.8) is 0 Å². The number of hydrogen-bond acceptors (Lipinski definition) is 3. The van der Waals surface area contributed by atoms with Crippen molar-refractivity contribution in [1.82, 2.24) is 9.80 Å². The van der Waals surface area contributed by atoms with Gasteiger partial charge in [0.25, 0.3) is 0 Å². The molecule has 2 aliphatic rings. The van der Waals surface area contributed by atoms with Gasteiger partial charge in [-0.15, -0.1) is 0 Å². The fourth-order valence-electron chi connectivity index (χ4n) is 3.76. The summed E-state index contributed by atoms with van der Waals surface area (Å²) in [6.07, 6.45) is 8.40. The molecule has 1 unspecified atom stereocenters. The lowest BCUT2D eigenvalue weighted by Gasteiger charge is -2.42. The number of nitrogens with zero attached hydrogens (tertiary/aromatic N) is 2. The lowest BCUT2D eigenvalue weighted by Crippen LogP contribution is -2.46. The largest absolute Gasteiger partial charge is 0.305 e. The molecule has 1 atom stereocenters. The molecule has 0 aromatic rings. The predicted octanol–water partition coefficient (Wildman–Crippen LogP) is 2.89. The van der Waals surface area contributed by atoms with Crippen molar-refractivity contribution < 1.29 is 0 Å². The molecular formula is C15H30N2S. The summed E-state index contributed by atoms with van der Waals surface area (Å²) in [5.74, 6) is 1.08. The highest BCUT2D eigenvalue weighted by molar-refractivity contribution is 7.80. The third kappa shape index (κ3) is 3.64. The van der Waals surface area contributed by atoms with E-state index in [4.69, 9.17) is 0 Å². The number of likely N-dealkylation sites (N-methyl/N-ethyl adjacent to an activating group) is 1. The van der Waals surface area contributed by atoms with Crippen molar-refractivity contribution in [2.45, 2.75) is 51.5 Å². The summed E-state index contributed by atoms with van der Waals surface area (Å²) in [7, 11) is 2.26. The van der Waals surface area contributed by atoms with Crippen molar-refractivity contribution in [3.8, 4) is 0 Å². The van der Waals surface area contributed by atoms with Crippen LogP contribution in [0.25, 0.3) is 0 Å². The second kappa shape index (κ2) is 6.62. The van der Waals surface area contributed by atoms with Crippen LogP contribution in [0, 0.1) is 5.41 Å². The highest BCUT2D eigenvalue weighted by Crippen LogP contribution is 2.38. The van der Waals surface area contributed by atoms with Gasteiger partial charge in [0.15, 0.2) is 0 Å². The van der Waals surface area contributed by atoms with Crippen molar-refractivity contribution in [3.05, 3.63) is 0 Å². The lowest BCUT2D eigenvalue weighted by molar-refractivity contribution is 0.0989. The average molecular weight is 270 g/mol. The molecular weight excluding hydrogens is 240 g/mol. The van der Waals surface area contributed by atoms with Crippen LogP contribution in [0.15, 0.2) is 0 Å². The van der Waals surface area contributed by atoms with Crippen molar-refractivity contribution in [1.29, 1.82) is 0 Å². The van der Waals surface area contributed by atoms with E-state index in [1.54, 1.807) is 0 Å². The van der Waals surface area contributed by atoms with E-state index in [1.165, 1.54) is 64.7 Å². The van der Waals surface area contributed by atoms with Crippen LogP contribution in [0.5, 0.6) is 0 Å².